The monoisotopic (exact) mass is 752 g/mol. The molecule has 4 aromatic rings. The maximum Gasteiger partial charge on any atom is 1.00 e. The van der Waals surface area contributed by atoms with Crippen LogP contribution in [0.4, 0.5) is 26.3 Å². The molecular weight excluding hydrogens is 733 g/mol. The number of hydrogen-bond acceptors (Lipinski definition) is 8. The molecule has 0 saturated heterocycles. The second-order valence-electron chi connectivity index (χ2n) is 10.4. The van der Waals surface area contributed by atoms with Gasteiger partial charge in [-0.15, -0.1) is 22.7 Å². The van der Waals surface area contributed by atoms with E-state index in [0.717, 1.165) is 46.9 Å². The standard InChI is InChI=1S/C29H22F6O6S4.2Na/c1-13-21(15(3)42-25(13)17-5-9-19(10-6-17)44(36,37)38)23-24(28(32,33)29(34,35)27(23,30)31)22-14(2)26(43-16(22)4)18-7-11-20(12-8-18)45(39,40)41;;/h5-12H,1-4H3,(H,36,37,38)(H,39,40,41);;/q;2*+1/p-2. The van der Waals surface area contributed by atoms with E-state index in [0.29, 0.717) is 0 Å². The van der Waals surface area contributed by atoms with E-state index < -0.39 is 70.1 Å². The van der Waals surface area contributed by atoms with Crippen LogP contribution < -0.4 is 59.1 Å². The fourth-order valence-corrected chi connectivity index (χ4v) is 8.81. The number of thiophene rings is 2. The summed E-state index contributed by atoms with van der Waals surface area (Å²) >= 11 is 1.70. The molecule has 0 atom stereocenters. The minimum Gasteiger partial charge on any atom is -0.744 e. The van der Waals surface area contributed by atoms with Crippen LogP contribution >= 0.6 is 22.7 Å². The Labute approximate surface area is 319 Å². The van der Waals surface area contributed by atoms with Gasteiger partial charge in [-0.1, -0.05) is 24.3 Å². The maximum atomic E-state index is 15.7. The quantitative estimate of drug-likeness (QED) is 0.169. The molecule has 5 rings (SSSR count). The molecule has 0 radical (unpaired) electrons. The third kappa shape index (κ3) is 6.51. The van der Waals surface area contributed by atoms with Crippen molar-refractivity contribution in [2.24, 2.45) is 0 Å². The number of alkyl halides is 6. The van der Waals surface area contributed by atoms with Crippen molar-refractivity contribution in [1.82, 2.24) is 0 Å². The summed E-state index contributed by atoms with van der Waals surface area (Å²) in [5.41, 5.74) is -3.68. The second kappa shape index (κ2) is 13.3. The summed E-state index contributed by atoms with van der Waals surface area (Å²) in [5.74, 6) is -16.5. The molecule has 0 fully saturated rings. The largest absolute Gasteiger partial charge is 1.00 e. The summed E-state index contributed by atoms with van der Waals surface area (Å²) in [6.45, 7) is 5.22. The van der Waals surface area contributed by atoms with Crippen molar-refractivity contribution < 1.29 is 111 Å². The molecule has 0 amide bonds. The second-order valence-corrected chi connectivity index (χ2v) is 15.6. The van der Waals surface area contributed by atoms with Gasteiger partial charge in [-0.05, 0) is 74.2 Å². The zero-order valence-electron chi connectivity index (χ0n) is 25.5. The first-order chi connectivity index (χ1) is 20.5. The average Bonchev–Trinajstić information content (AvgIpc) is 3.42. The Balaban J connectivity index is 0.00000300. The summed E-state index contributed by atoms with van der Waals surface area (Å²) in [4.78, 5) is -0.662. The van der Waals surface area contributed by atoms with E-state index in [2.05, 4.69) is 0 Å². The van der Waals surface area contributed by atoms with Gasteiger partial charge in [0.2, 0.25) is 0 Å². The Morgan fingerprint density at radius 3 is 1.09 bits per heavy atom. The van der Waals surface area contributed by atoms with E-state index in [-0.39, 0.29) is 101 Å². The van der Waals surface area contributed by atoms with Gasteiger partial charge in [-0.2, -0.15) is 26.3 Å². The van der Waals surface area contributed by atoms with Crippen molar-refractivity contribution >= 4 is 54.1 Å². The Hall–Kier alpha value is -1.02. The molecule has 0 unspecified atom stereocenters. The molecule has 0 N–H and O–H groups in total. The molecule has 2 heterocycles. The third-order valence-electron chi connectivity index (χ3n) is 7.62. The Kier molecular flexibility index (Phi) is 11.4. The SMILES string of the molecule is Cc1sc(-c2ccc(S(=O)(=O)[O-])cc2)c(C)c1C1=C(c2c(C)sc(-c3ccc(S(=O)(=O)[O-])cc3)c2C)C(F)(F)C(F)(F)C1(F)F.[Na+].[Na+]. The molecule has 1 aliphatic carbocycles. The zero-order chi connectivity index (χ0) is 33.7. The minimum absolute atomic E-state index is 0. The maximum absolute atomic E-state index is 15.7. The molecule has 47 heavy (non-hydrogen) atoms. The molecule has 2 aromatic carbocycles. The molecule has 6 nitrogen and oxygen atoms in total. The Morgan fingerprint density at radius 2 is 0.830 bits per heavy atom. The normalized spacial score (nSPS) is 16.9. The van der Waals surface area contributed by atoms with Crippen LogP contribution in [0.25, 0.3) is 32.0 Å². The number of halogens is 6. The van der Waals surface area contributed by atoms with Crippen LogP contribution in [0, 0.1) is 27.7 Å². The summed E-state index contributed by atoms with van der Waals surface area (Å²) in [7, 11) is -9.60. The van der Waals surface area contributed by atoms with Gasteiger partial charge in [0.15, 0.2) is 0 Å². The van der Waals surface area contributed by atoms with Crippen LogP contribution in [-0.2, 0) is 20.2 Å². The van der Waals surface area contributed by atoms with Crippen LogP contribution in [-0.4, -0.2) is 43.7 Å². The van der Waals surface area contributed by atoms with E-state index >= 15 is 26.3 Å². The van der Waals surface area contributed by atoms with Crippen molar-refractivity contribution in [1.29, 1.82) is 0 Å². The summed E-state index contributed by atoms with van der Waals surface area (Å²) < 4.78 is 161. The van der Waals surface area contributed by atoms with Crippen molar-refractivity contribution in [3.8, 4) is 20.9 Å². The number of allylic oxidation sites excluding steroid dienone is 2. The van der Waals surface area contributed by atoms with Crippen molar-refractivity contribution in [2.75, 3.05) is 0 Å². The van der Waals surface area contributed by atoms with E-state index in [9.17, 15) is 25.9 Å². The molecule has 0 aliphatic heterocycles. The van der Waals surface area contributed by atoms with E-state index in [4.69, 9.17) is 0 Å². The first-order valence-electron chi connectivity index (χ1n) is 12.8. The zero-order valence-corrected chi connectivity index (χ0v) is 32.7. The van der Waals surface area contributed by atoms with Gasteiger partial charge in [0.05, 0.1) is 9.79 Å². The molecule has 18 heteroatoms. The fourth-order valence-electron chi connectivity index (χ4n) is 5.53. The number of aryl methyl sites for hydroxylation is 2. The fraction of sp³-hybridized carbons (Fsp3) is 0.241. The first-order valence-corrected chi connectivity index (χ1v) is 17.2. The van der Waals surface area contributed by atoms with E-state index in [1.807, 2.05) is 0 Å². The Bertz CT molecular complexity index is 1970. The molecule has 0 spiro atoms. The van der Waals surface area contributed by atoms with Gasteiger partial charge in [-0.3, -0.25) is 0 Å². The number of hydrogen-bond donors (Lipinski definition) is 0. The summed E-state index contributed by atoms with van der Waals surface area (Å²) in [6.07, 6.45) is 0. The van der Waals surface area contributed by atoms with Crippen LogP contribution in [0.1, 0.15) is 32.0 Å². The first kappa shape index (κ1) is 40.4. The van der Waals surface area contributed by atoms with Gasteiger partial charge in [0.1, 0.15) is 20.2 Å². The van der Waals surface area contributed by atoms with Gasteiger partial charge >= 0.3 is 76.9 Å². The van der Waals surface area contributed by atoms with Gasteiger partial charge in [-0.25, -0.2) is 16.8 Å². The molecular formula is C29H20F6Na2O6S4. The smallest absolute Gasteiger partial charge is 0.744 e. The minimum atomic E-state index is -5.82. The van der Waals surface area contributed by atoms with Gasteiger partial charge in [0.25, 0.3) is 0 Å². The average molecular weight is 753 g/mol. The Morgan fingerprint density at radius 1 is 0.553 bits per heavy atom. The van der Waals surface area contributed by atoms with Crippen molar-refractivity contribution in [3.63, 3.8) is 0 Å². The van der Waals surface area contributed by atoms with Gasteiger partial charge in [0, 0.05) is 41.8 Å². The topological polar surface area (TPSA) is 114 Å². The molecule has 1 aliphatic rings. The van der Waals surface area contributed by atoms with Crippen LogP contribution in [0.5, 0.6) is 0 Å². The molecule has 240 valence electrons. The third-order valence-corrected chi connectivity index (χ3v) is 11.8. The van der Waals surface area contributed by atoms with Crippen LogP contribution in [0.15, 0.2) is 58.3 Å². The predicted molar refractivity (Wildman–Crippen MR) is 156 cm³/mol. The molecule has 2 aromatic heterocycles. The summed E-state index contributed by atoms with van der Waals surface area (Å²) in [5, 5.41) is 0. The van der Waals surface area contributed by atoms with Crippen LogP contribution in [0.2, 0.25) is 0 Å². The van der Waals surface area contributed by atoms with Gasteiger partial charge < -0.3 is 9.11 Å². The molecule has 0 saturated carbocycles. The number of benzene rings is 2. The molecule has 0 bridgehead atoms. The summed E-state index contributed by atoms with van der Waals surface area (Å²) in [6, 6.07) is 8.84. The van der Waals surface area contributed by atoms with E-state index in [1.54, 1.807) is 0 Å². The predicted octanol–water partition coefficient (Wildman–Crippen LogP) is 2.02. The van der Waals surface area contributed by atoms with E-state index in [1.165, 1.54) is 52.0 Å². The number of rotatable bonds is 6. The van der Waals surface area contributed by atoms with Crippen molar-refractivity contribution in [2.45, 2.75) is 55.3 Å². The van der Waals surface area contributed by atoms with Crippen LogP contribution in [0.3, 0.4) is 0 Å². The van der Waals surface area contributed by atoms with Crippen molar-refractivity contribution in [3.05, 3.63) is 80.5 Å².